The molecule has 0 heterocycles. The third kappa shape index (κ3) is 5.04. The van der Waals surface area contributed by atoms with Gasteiger partial charge in [0.25, 0.3) is 0 Å². The van der Waals surface area contributed by atoms with Gasteiger partial charge < -0.3 is 29.7 Å². The van der Waals surface area contributed by atoms with Crippen LogP contribution in [0, 0.1) is 64.3 Å². The van der Waals surface area contributed by atoms with Crippen LogP contribution in [0.2, 0.25) is 0 Å². The van der Waals surface area contributed by atoms with Crippen molar-refractivity contribution in [3.63, 3.8) is 0 Å². The van der Waals surface area contributed by atoms with Gasteiger partial charge in [0.1, 0.15) is 0 Å². The van der Waals surface area contributed by atoms with Crippen molar-refractivity contribution >= 4 is 0 Å². The van der Waals surface area contributed by atoms with Gasteiger partial charge in [0, 0.05) is 20.1 Å². The van der Waals surface area contributed by atoms with Gasteiger partial charge in [0.15, 0.2) is 0 Å². The minimum absolute atomic E-state index is 0. The van der Waals surface area contributed by atoms with Gasteiger partial charge in [0.05, 0.1) is 0 Å². The summed E-state index contributed by atoms with van der Waals surface area (Å²) in [5.74, 6) is 0. The second-order valence-electron chi connectivity index (χ2n) is 3.12. The first kappa shape index (κ1) is 29.4. The predicted molar refractivity (Wildman–Crippen MR) is 71.4 cm³/mol. The molecule has 0 unspecified atom stereocenters. The van der Waals surface area contributed by atoms with Crippen molar-refractivity contribution < 1.29 is 20.1 Å². The Morgan fingerprint density at radius 3 is 0.933 bits per heavy atom. The van der Waals surface area contributed by atoms with Crippen molar-refractivity contribution in [1.82, 2.24) is 0 Å². The molecule has 1 radical (unpaired) electrons. The summed E-state index contributed by atoms with van der Waals surface area (Å²) in [5, 5.41) is 0. The maximum atomic E-state index is 2.20. The van der Waals surface area contributed by atoms with Gasteiger partial charge in [-0.1, -0.05) is 34.6 Å². The van der Waals surface area contributed by atoms with Crippen LogP contribution in [-0.4, -0.2) is 0 Å². The summed E-state index contributed by atoms with van der Waals surface area (Å²) in [7, 11) is 0. The molecule has 0 saturated heterocycles. The summed E-state index contributed by atoms with van der Waals surface area (Å²) < 4.78 is 0. The van der Waals surface area contributed by atoms with Gasteiger partial charge in [-0.2, -0.15) is 27.8 Å². The fourth-order valence-electron chi connectivity index (χ4n) is 1.41. The van der Waals surface area contributed by atoms with Crippen molar-refractivity contribution in [3.8, 4) is 0 Å². The molecule has 1 heteroatoms. The summed E-state index contributed by atoms with van der Waals surface area (Å²) >= 11 is 0. The van der Waals surface area contributed by atoms with Crippen molar-refractivity contribution in [1.29, 1.82) is 0 Å². The fourth-order valence-corrected chi connectivity index (χ4v) is 1.41. The van der Waals surface area contributed by atoms with Crippen molar-refractivity contribution in [2.75, 3.05) is 0 Å². The molecular formula is C14H27Ir-5. The second-order valence-corrected chi connectivity index (χ2v) is 3.12. The molecule has 0 atom stereocenters. The van der Waals surface area contributed by atoms with E-state index in [-0.39, 0.29) is 49.8 Å². The Hall–Kier alpha value is -0.000649. The molecule has 0 aliphatic heterocycles. The quantitative estimate of drug-likeness (QED) is 0.564. The maximum Gasteiger partial charge on any atom is 0 e. The van der Waals surface area contributed by atoms with Crippen LogP contribution in [0.5, 0.6) is 0 Å². The van der Waals surface area contributed by atoms with E-state index in [4.69, 9.17) is 0 Å². The molecule has 0 fully saturated rings. The summed E-state index contributed by atoms with van der Waals surface area (Å²) in [6.45, 7) is 11.0. The zero-order valence-electron chi connectivity index (χ0n) is 11.8. The summed E-state index contributed by atoms with van der Waals surface area (Å²) in [6.07, 6.45) is 0. The maximum absolute atomic E-state index is 2.20. The van der Waals surface area contributed by atoms with Gasteiger partial charge in [-0.3, -0.25) is 0 Å². The molecule has 0 aromatic heterocycles. The Bertz CT molecular complexity index is 176. The Kier molecular flexibility index (Phi) is 20.6. The van der Waals surface area contributed by atoms with Gasteiger partial charge in [-0.15, -0.1) is 0 Å². The number of rotatable bonds is 0. The third-order valence-electron chi connectivity index (χ3n) is 2.81. The molecule has 0 amide bonds. The molecule has 0 saturated carbocycles. The Balaban J connectivity index is -0.0000000667. The van der Waals surface area contributed by atoms with E-state index in [1.807, 2.05) is 0 Å². The summed E-state index contributed by atoms with van der Waals surface area (Å²) in [6, 6.07) is 0. The average Bonchev–Trinajstić information content (AvgIpc) is 2.07. The molecule has 1 aromatic rings. The van der Waals surface area contributed by atoms with E-state index in [0.717, 1.165) is 0 Å². The van der Waals surface area contributed by atoms with E-state index in [9.17, 15) is 0 Å². The molecule has 0 N–H and O–H groups in total. The van der Waals surface area contributed by atoms with Crippen LogP contribution in [0.4, 0.5) is 0 Å². The molecule has 0 nitrogen and oxygen atoms in total. The standard InChI is InChI=1S/C10H15.4CH3.Ir/c1-6-7(2)9(4)10(5)8(6)3;;;;;/h1-5H3;4*1H3;/q5*-1;. The molecular weight excluding hydrogens is 360 g/mol. The molecule has 1 aromatic carbocycles. The van der Waals surface area contributed by atoms with Crippen LogP contribution >= 0.6 is 0 Å². The molecule has 15 heavy (non-hydrogen) atoms. The van der Waals surface area contributed by atoms with Crippen LogP contribution in [0.1, 0.15) is 27.8 Å². The average molecular weight is 388 g/mol. The Labute approximate surface area is 112 Å². The predicted octanol–water partition coefficient (Wildman–Crippen LogP) is 4.75. The van der Waals surface area contributed by atoms with E-state index in [0.29, 0.717) is 0 Å². The molecule has 97 valence electrons. The monoisotopic (exact) mass is 388 g/mol. The first-order chi connectivity index (χ1) is 4.55. The molecule has 0 aliphatic carbocycles. The first-order valence-corrected chi connectivity index (χ1v) is 3.75. The molecule has 0 bridgehead atoms. The number of hydrogen-bond donors (Lipinski definition) is 0. The Morgan fingerprint density at radius 1 is 0.667 bits per heavy atom. The molecule has 1 rings (SSSR count). The summed E-state index contributed by atoms with van der Waals surface area (Å²) in [5.41, 5.74) is 7.34. The van der Waals surface area contributed by atoms with E-state index in [2.05, 4.69) is 34.6 Å². The van der Waals surface area contributed by atoms with E-state index < -0.39 is 0 Å². The van der Waals surface area contributed by atoms with Crippen LogP contribution in [0.25, 0.3) is 0 Å². The Morgan fingerprint density at radius 2 is 0.867 bits per heavy atom. The topological polar surface area (TPSA) is 0 Å². The third-order valence-corrected chi connectivity index (χ3v) is 2.81. The van der Waals surface area contributed by atoms with Crippen LogP contribution in [0.3, 0.4) is 0 Å². The van der Waals surface area contributed by atoms with E-state index >= 15 is 0 Å². The first-order valence-electron chi connectivity index (χ1n) is 3.75. The minimum atomic E-state index is 0. The van der Waals surface area contributed by atoms with Crippen LogP contribution in [0.15, 0.2) is 0 Å². The van der Waals surface area contributed by atoms with E-state index in [1.165, 1.54) is 27.8 Å². The minimum Gasteiger partial charge on any atom is -0.358 e. The van der Waals surface area contributed by atoms with Crippen molar-refractivity contribution in [2.45, 2.75) is 34.6 Å². The van der Waals surface area contributed by atoms with Gasteiger partial charge in [-0.25, -0.2) is 0 Å². The number of hydrogen-bond acceptors (Lipinski definition) is 0. The van der Waals surface area contributed by atoms with Crippen molar-refractivity contribution in [2.24, 2.45) is 0 Å². The smallest absolute Gasteiger partial charge is 0 e. The van der Waals surface area contributed by atoms with Crippen molar-refractivity contribution in [3.05, 3.63) is 57.5 Å². The molecule has 0 spiro atoms. The van der Waals surface area contributed by atoms with Gasteiger partial charge in [-0.05, 0) is 0 Å². The zero-order chi connectivity index (χ0) is 7.89. The van der Waals surface area contributed by atoms with Gasteiger partial charge >= 0.3 is 0 Å². The molecule has 0 aliphatic rings. The van der Waals surface area contributed by atoms with E-state index in [1.54, 1.807) is 0 Å². The largest absolute Gasteiger partial charge is 0.358 e. The SMILES string of the molecule is Cc1c(C)c(C)[c-](C)c1C.[CH3-].[CH3-].[CH3-].[CH3-].[Ir]. The van der Waals surface area contributed by atoms with Gasteiger partial charge in [0.2, 0.25) is 0 Å². The van der Waals surface area contributed by atoms with Crippen LogP contribution < -0.4 is 0 Å². The fraction of sp³-hybridized carbons (Fsp3) is 0.357. The summed E-state index contributed by atoms with van der Waals surface area (Å²) in [4.78, 5) is 0. The second kappa shape index (κ2) is 10.5. The zero-order valence-corrected chi connectivity index (χ0v) is 14.2. The normalized spacial score (nSPS) is 7.00. The van der Waals surface area contributed by atoms with Crippen LogP contribution in [-0.2, 0) is 20.1 Å².